The molecule has 2 aromatic heterocycles. The van der Waals surface area contributed by atoms with Crippen LogP contribution in [0, 0.1) is 11.6 Å². The Kier molecular flexibility index (Phi) is 4.23. The summed E-state index contributed by atoms with van der Waals surface area (Å²) in [6, 6.07) is 3.68. The number of imidazole rings is 1. The molecule has 0 bridgehead atoms. The Bertz CT molecular complexity index is 926. The van der Waals surface area contributed by atoms with Gasteiger partial charge in [0, 0.05) is 19.2 Å². The average Bonchev–Trinajstić information content (AvgIpc) is 2.97. The summed E-state index contributed by atoms with van der Waals surface area (Å²) in [5.74, 6) is 0.00949. The maximum atomic E-state index is 13.7. The molecular formula is C17H17F3N6. The van der Waals surface area contributed by atoms with E-state index in [1.165, 1.54) is 12.1 Å². The lowest BCUT2D eigenvalue weighted by molar-refractivity contribution is 0.243. The van der Waals surface area contributed by atoms with Gasteiger partial charge in [0.1, 0.15) is 17.8 Å². The quantitative estimate of drug-likeness (QED) is 0.772. The third-order valence-electron chi connectivity index (χ3n) is 4.52. The van der Waals surface area contributed by atoms with Crippen molar-refractivity contribution in [3.05, 3.63) is 48.1 Å². The van der Waals surface area contributed by atoms with Crippen molar-refractivity contribution >= 4 is 17.0 Å². The molecule has 136 valence electrons. The van der Waals surface area contributed by atoms with Gasteiger partial charge in [-0.05, 0) is 18.6 Å². The van der Waals surface area contributed by atoms with Gasteiger partial charge in [-0.25, -0.2) is 28.1 Å². The molecule has 2 N–H and O–H groups in total. The fourth-order valence-corrected chi connectivity index (χ4v) is 3.18. The summed E-state index contributed by atoms with van der Waals surface area (Å²) in [7, 11) is 0. The number of nitrogens with two attached hydrogens (primary N) is 1. The number of halogens is 3. The lowest BCUT2D eigenvalue weighted by Crippen LogP contribution is -2.50. The molecule has 0 amide bonds. The zero-order chi connectivity index (χ0) is 18.3. The first-order valence-electron chi connectivity index (χ1n) is 8.28. The number of fused-ring (bicyclic) bond motifs is 1. The van der Waals surface area contributed by atoms with Crippen LogP contribution >= 0.6 is 0 Å². The maximum Gasteiger partial charge on any atom is 0.207 e. The van der Waals surface area contributed by atoms with E-state index in [2.05, 4.69) is 15.0 Å². The van der Waals surface area contributed by atoms with Crippen LogP contribution in [-0.2, 0) is 6.54 Å². The van der Waals surface area contributed by atoms with E-state index >= 15 is 0 Å². The Hall–Kier alpha value is -2.68. The monoisotopic (exact) mass is 362 g/mol. The number of hydrogen-bond donors (Lipinski definition) is 1. The number of hydrogen-bond acceptors (Lipinski definition) is 5. The highest BCUT2D eigenvalue weighted by molar-refractivity contribution is 5.79. The third kappa shape index (κ3) is 3.10. The minimum Gasteiger partial charge on any atom is -0.340 e. The molecule has 3 heterocycles. The van der Waals surface area contributed by atoms with Crippen LogP contribution in [0.3, 0.4) is 0 Å². The normalized spacial score (nSPS) is 20.7. The molecule has 1 aliphatic heterocycles. The van der Waals surface area contributed by atoms with Crippen LogP contribution in [0.4, 0.5) is 19.1 Å². The topological polar surface area (TPSA) is 72.9 Å². The molecular weight excluding hydrogens is 345 g/mol. The first kappa shape index (κ1) is 16.8. The van der Waals surface area contributed by atoms with Gasteiger partial charge in [0.25, 0.3) is 0 Å². The molecule has 26 heavy (non-hydrogen) atoms. The molecule has 6 nitrogen and oxygen atoms in total. The lowest BCUT2D eigenvalue weighted by Gasteiger charge is -2.34. The van der Waals surface area contributed by atoms with Crippen LogP contribution in [0.25, 0.3) is 11.0 Å². The molecule has 0 spiro atoms. The second-order valence-corrected chi connectivity index (χ2v) is 6.36. The maximum absolute atomic E-state index is 13.7. The van der Waals surface area contributed by atoms with Crippen molar-refractivity contribution in [3.8, 4) is 0 Å². The van der Waals surface area contributed by atoms with E-state index < -0.39 is 23.8 Å². The van der Waals surface area contributed by atoms with E-state index in [0.717, 1.165) is 12.4 Å². The van der Waals surface area contributed by atoms with Crippen molar-refractivity contribution in [2.24, 2.45) is 5.73 Å². The smallest absolute Gasteiger partial charge is 0.207 e. The van der Waals surface area contributed by atoms with Crippen LogP contribution in [0.5, 0.6) is 0 Å². The molecule has 0 radical (unpaired) electrons. The molecule has 0 aliphatic carbocycles. The molecule has 3 aromatic rings. The molecule has 0 unspecified atom stereocenters. The summed E-state index contributed by atoms with van der Waals surface area (Å²) in [4.78, 5) is 14.3. The highest BCUT2D eigenvalue weighted by atomic mass is 19.1. The molecule has 1 aromatic carbocycles. The number of anilines is 1. The van der Waals surface area contributed by atoms with E-state index in [1.807, 2.05) is 9.47 Å². The van der Waals surface area contributed by atoms with Gasteiger partial charge in [0.15, 0.2) is 5.82 Å². The summed E-state index contributed by atoms with van der Waals surface area (Å²) in [6.07, 6.45) is 1.42. The highest BCUT2D eigenvalue weighted by Crippen LogP contribution is 2.27. The van der Waals surface area contributed by atoms with Crippen molar-refractivity contribution < 1.29 is 13.2 Å². The molecule has 1 saturated heterocycles. The average molecular weight is 362 g/mol. The Morgan fingerprint density at radius 3 is 2.65 bits per heavy atom. The van der Waals surface area contributed by atoms with E-state index in [-0.39, 0.29) is 6.54 Å². The first-order chi connectivity index (χ1) is 12.5. The van der Waals surface area contributed by atoms with E-state index in [4.69, 9.17) is 5.73 Å². The van der Waals surface area contributed by atoms with Crippen molar-refractivity contribution in [1.82, 2.24) is 19.5 Å². The predicted molar refractivity (Wildman–Crippen MR) is 90.5 cm³/mol. The molecule has 9 heteroatoms. The summed E-state index contributed by atoms with van der Waals surface area (Å²) >= 11 is 0. The summed E-state index contributed by atoms with van der Waals surface area (Å²) in [5.41, 5.74) is 7.02. The van der Waals surface area contributed by atoms with Crippen LogP contribution in [0.15, 0.2) is 30.6 Å². The second-order valence-electron chi connectivity index (χ2n) is 6.36. The van der Waals surface area contributed by atoms with Crippen LogP contribution < -0.4 is 10.6 Å². The molecule has 0 saturated carbocycles. The molecule has 4 rings (SSSR count). The number of rotatable bonds is 3. The second kappa shape index (κ2) is 6.56. The van der Waals surface area contributed by atoms with Gasteiger partial charge < -0.3 is 15.2 Å². The minimum atomic E-state index is -1.05. The van der Waals surface area contributed by atoms with Crippen molar-refractivity contribution in [2.45, 2.75) is 25.2 Å². The number of alkyl halides is 1. The minimum absolute atomic E-state index is 0.225. The van der Waals surface area contributed by atoms with E-state index in [9.17, 15) is 13.2 Å². The highest BCUT2D eigenvalue weighted by Gasteiger charge is 2.29. The SMILES string of the molecule is N[C@@H]1CN(c2nc3cc(F)ccc3n2Cc2ncc(F)cn2)CC[C@H]1F. The third-order valence-corrected chi connectivity index (χ3v) is 4.52. The van der Waals surface area contributed by atoms with Gasteiger partial charge in [0.2, 0.25) is 5.95 Å². The fraction of sp³-hybridized carbons (Fsp3) is 0.353. The Morgan fingerprint density at radius 1 is 1.15 bits per heavy atom. The number of aromatic nitrogens is 4. The number of nitrogens with zero attached hydrogens (tertiary/aromatic N) is 5. The van der Waals surface area contributed by atoms with Gasteiger partial charge in [-0.1, -0.05) is 0 Å². The van der Waals surface area contributed by atoms with Gasteiger partial charge >= 0.3 is 0 Å². The predicted octanol–water partition coefficient (Wildman–Crippen LogP) is 2.03. The van der Waals surface area contributed by atoms with Crippen molar-refractivity contribution in [1.29, 1.82) is 0 Å². The fourth-order valence-electron chi connectivity index (χ4n) is 3.18. The summed E-state index contributed by atoms with van der Waals surface area (Å²) < 4.78 is 42.2. The standard InChI is InChI=1S/C17H17F3N6/c18-10-1-2-15-14(5-10)24-17(25-4-3-12(20)13(21)8-25)26(15)9-16-22-6-11(19)7-23-16/h1-2,5-7,12-13H,3-4,8-9,21H2/t12-,13-/m1/s1. The molecule has 2 atom stereocenters. The van der Waals surface area contributed by atoms with E-state index in [1.54, 1.807) is 6.07 Å². The van der Waals surface area contributed by atoms with Crippen LogP contribution in [-0.4, -0.2) is 44.8 Å². The number of piperidine rings is 1. The molecule has 1 fully saturated rings. The van der Waals surface area contributed by atoms with Gasteiger partial charge in [-0.15, -0.1) is 0 Å². The van der Waals surface area contributed by atoms with Crippen molar-refractivity contribution in [3.63, 3.8) is 0 Å². The zero-order valence-corrected chi connectivity index (χ0v) is 13.8. The van der Waals surface area contributed by atoms with Crippen molar-refractivity contribution in [2.75, 3.05) is 18.0 Å². The van der Waals surface area contributed by atoms with Gasteiger partial charge in [-0.3, -0.25) is 0 Å². The van der Waals surface area contributed by atoms with Crippen LogP contribution in [0.1, 0.15) is 12.2 Å². The zero-order valence-electron chi connectivity index (χ0n) is 13.8. The summed E-state index contributed by atoms with van der Waals surface area (Å²) in [6.45, 7) is 0.977. The summed E-state index contributed by atoms with van der Waals surface area (Å²) in [5, 5.41) is 0. The van der Waals surface area contributed by atoms with Crippen LogP contribution in [0.2, 0.25) is 0 Å². The first-order valence-corrected chi connectivity index (χ1v) is 8.28. The largest absolute Gasteiger partial charge is 0.340 e. The Morgan fingerprint density at radius 2 is 1.92 bits per heavy atom. The Labute approximate surface area is 147 Å². The van der Waals surface area contributed by atoms with Gasteiger partial charge in [0.05, 0.1) is 36.0 Å². The van der Waals surface area contributed by atoms with Gasteiger partial charge in [-0.2, -0.15) is 0 Å². The Balaban J connectivity index is 1.76. The molecule has 1 aliphatic rings. The number of benzene rings is 1. The lowest BCUT2D eigenvalue weighted by atomic mass is 10.1. The van der Waals surface area contributed by atoms with E-state index in [0.29, 0.717) is 42.3 Å².